The first-order chi connectivity index (χ1) is 18.8. The number of anilines is 1. The predicted molar refractivity (Wildman–Crippen MR) is 147 cm³/mol. The summed E-state index contributed by atoms with van der Waals surface area (Å²) in [6.45, 7) is 4.44. The van der Waals surface area contributed by atoms with Crippen LogP contribution in [0.25, 0.3) is 0 Å². The molecule has 6 rings (SSSR count). The molecule has 7 atom stereocenters. The molecule has 2 saturated carbocycles. The molecule has 3 aliphatic heterocycles. The molecule has 0 aromatic heterocycles. The Morgan fingerprint density at radius 1 is 1.05 bits per heavy atom. The number of amides is 3. The summed E-state index contributed by atoms with van der Waals surface area (Å²) in [5.41, 5.74) is -0.521. The van der Waals surface area contributed by atoms with Crippen molar-refractivity contribution in [2.75, 3.05) is 12.4 Å². The summed E-state index contributed by atoms with van der Waals surface area (Å²) in [6.07, 6.45) is 11.4. The molecule has 3 amide bonds. The number of carbonyl (C=O) groups is 3. The number of fused-ring (bicyclic) bond motifs is 1. The third kappa shape index (κ3) is 4.45. The lowest BCUT2D eigenvalue weighted by Crippen LogP contribution is -2.59. The van der Waals surface area contributed by atoms with Crippen LogP contribution in [0.4, 0.5) is 5.69 Å². The smallest absolute Gasteiger partial charge is 0.246 e. The van der Waals surface area contributed by atoms with Gasteiger partial charge in [0.15, 0.2) is 0 Å². The van der Waals surface area contributed by atoms with Crippen molar-refractivity contribution in [2.45, 2.75) is 95.0 Å². The Balaban J connectivity index is 1.31. The zero-order chi connectivity index (χ0) is 27.3. The Hall–Kier alpha value is -2.87. The molecule has 2 bridgehead atoms. The van der Waals surface area contributed by atoms with Crippen molar-refractivity contribution >= 4 is 23.4 Å². The lowest BCUT2D eigenvalue weighted by Gasteiger charge is -2.40. The minimum absolute atomic E-state index is 0.0219. The van der Waals surface area contributed by atoms with Crippen LogP contribution < -0.4 is 15.4 Å². The number of rotatable bonds is 6. The summed E-state index contributed by atoms with van der Waals surface area (Å²) >= 11 is 0. The Labute approximate surface area is 230 Å². The number of ether oxygens (including phenoxy) is 2. The highest BCUT2D eigenvalue weighted by molar-refractivity contribution is 6.03. The van der Waals surface area contributed by atoms with Gasteiger partial charge in [0.2, 0.25) is 17.7 Å². The number of hydrogen-bond acceptors (Lipinski definition) is 5. The van der Waals surface area contributed by atoms with Crippen molar-refractivity contribution in [1.29, 1.82) is 0 Å². The second kappa shape index (κ2) is 10.3. The number of methoxy groups -OCH3 is 1. The first-order valence-electron chi connectivity index (χ1n) is 14.8. The molecular formula is C31H41N3O5. The van der Waals surface area contributed by atoms with Crippen molar-refractivity contribution in [1.82, 2.24) is 10.2 Å². The molecule has 8 heteroatoms. The molecule has 1 spiro atoms. The molecule has 0 unspecified atom stereocenters. The zero-order valence-electron chi connectivity index (χ0n) is 23.2. The average molecular weight is 536 g/mol. The molecule has 1 aromatic carbocycles. The maximum atomic E-state index is 14.3. The van der Waals surface area contributed by atoms with Gasteiger partial charge in [0.05, 0.1) is 25.0 Å². The standard InChI is InChI=1S/C31H41N3O5/c1-18-11-13-21(14-12-18)34-27(29(36)33-23-10-5-4-7-19(23)2)31-16-15-24(39-31)25(26(31)30(34)37)28(35)32-20-8-6-9-22(17-20)38-3/h6,8-9,15-19,21,23-27H,4-5,7,10-14H2,1-3H3,(H,32,35)(H,33,36)/t18?,19-,21?,23-,24+,25-,26+,27+,31+/m0/s1. The SMILES string of the molecule is COc1cccc(NC(=O)[C@H]2[C@H]3C=C[C@@]4(O3)[C@H]2C(=O)N(C2CCC(C)CC2)[C@@H]4C(=O)N[C@H]2CCCC[C@@H]2C)c1. The van der Waals surface area contributed by atoms with Crippen molar-refractivity contribution < 1.29 is 23.9 Å². The lowest BCUT2D eigenvalue weighted by molar-refractivity contribution is -0.145. The molecule has 2 aliphatic carbocycles. The van der Waals surface area contributed by atoms with Gasteiger partial charge < -0.3 is 25.0 Å². The molecule has 1 aromatic rings. The minimum Gasteiger partial charge on any atom is -0.497 e. The molecule has 3 heterocycles. The summed E-state index contributed by atoms with van der Waals surface area (Å²) in [5, 5.41) is 6.32. The van der Waals surface area contributed by atoms with E-state index in [2.05, 4.69) is 24.5 Å². The molecule has 2 saturated heterocycles. The van der Waals surface area contributed by atoms with E-state index in [1.54, 1.807) is 19.2 Å². The Morgan fingerprint density at radius 2 is 1.82 bits per heavy atom. The van der Waals surface area contributed by atoms with E-state index in [1.807, 2.05) is 29.2 Å². The summed E-state index contributed by atoms with van der Waals surface area (Å²) in [4.78, 5) is 44.0. The van der Waals surface area contributed by atoms with Gasteiger partial charge in [0.1, 0.15) is 17.4 Å². The highest BCUT2D eigenvalue weighted by atomic mass is 16.5. The van der Waals surface area contributed by atoms with Gasteiger partial charge in [-0.25, -0.2) is 0 Å². The normalized spacial score (nSPS) is 38.9. The van der Waals surface area contributed by atoms with Gasteiger partial charge in [-0.2, -0.15) is 0 Å². The number of nitrogens with one attached hydrogen (secondary N) is 2. The fourth-order valence-corrected chi connectivity index (χ4v) is 7.84. The molecule has 2 N–H and O–H groups in total. The predicted octanol–water partition coefficient (Wildman–Crippen LogP) is 4.06. The highest BCUT2D eigenvalue weighted by Crippen LogP contribution is 2.56. The van der Waals surface area contributed by atoms with E-state index >= 15 is 0 Å². The average Bonchev–Trinajstić information content (AvgIpc) is 3.58. The molecule has 39 heavy (non-hydrogen) atoms. The molecular weight excluding hydrogens is 494 g/mol. The van der Waals surface area contributed by atoms with E-state index < -0.39 is 29.6 Å². The van der Waals surface area contributed by atoms with Crippen LogP contribution in [0.1, 0.15) is 65.2 Å². The van der Waals surface area contributed by atoms with Crippen LogP contribution >= 0.6 is 0 Å². The second-order valence-corrected chi connectivity index (χ2v) is 12.5. The monoisotopic (exact) mass is 535 g/mol. The van der Waals surface area contributed by atoms with Crippen LogP contribution in [0, 0.1) is 23.7 Å². The number of nitrogens with zero attached hydrogens (tertiary/aromatic N) is 1. The van der Waals surface area contributed by atoms with Gasteiger partial charge >= 0.3 is 0 Å². The van der Waals surface area contributed by atoms with E-state index in [-0.39, 0.29) is 29.8 Å². The Kier molecular flexibility index (Phi) is 6.94. The minimum atomic E-state index is -1.12. The van der Waals surface area contributed by atoms with Crippen LogP contribution in [0.2, 0.25) is 0 Å². The van der Waals surface area contributed by atoms with E-state index in [1.165, 1.54) is 6.42 Å². The quantitative estimate of drug-likeness (QED) is 0.536. The molecule has 0 radical (unpaired) electrons. The van der Waals surface area contributed by atoms with Crippen molar-refractivity contribution in [2.24, 2.45) is 23.7 Å². The highest BCUT2D eigenvalue weighted by Gasteiger charge is 2.73. The summed E-state index contributed by atoms with van der Waals surface area (Å²) in [6, 6.07) is 6.49. The van der Waals surface area contributed by atoms with Crippen molar-refractivity contribution in [3.8, 4) is 5.75 Å². The zero-order valence-corrected chi connectivity index (χ0v) is 23.2. The van der Waals surface area contributed by atoms with Crippen molar-refractivity contribution in [3.63, 3.8) is 0 Å². The van der Waals surface area contributed by atoms with Crippen LogP contribution in [-0.2, 0) is 19.1 Å². The van der Waals surface area contributed by atoms with Crippen LogP contribution in [0.15, 0.2) is 36.4 Å². The first kappa shape index (κ1) is 26.4. The second-order valence-electron chi connectivity index (χ2n) is 12.5. The number of likely N-dealkylation sites (tertiary alicyclic amines) is 1. The molecule has 8 nitrogen and oxygen atoms in total. The Morgan fingerprint density at radius 3 is 2.56 bits per heavy atom. The molecule has 210 valence electrons. The topological polar surface area (TPSA) is 97.0 Å². The number of carbonyl (C=O) groups excluding carboxylic acids is 3. The Bertz CT molecular complexity index is 1160. The van der Waals surface area contributed by atoms with Gasteiger partial charge in [0.25, 0.3) is 0 Å². The fourth-order valence-electron chi connectivity index (χ4n) is 7.84. The summed E-state index contributed by atoms with van der Waals surface area (Å²) < 4.78 is 11.8. The number of benzene rings is 1. The largest absolute Gasteiger partial charge is 0.497 e. The van der Waals surface area contributed by atoms with Gasteiger partial charge in [0, 0.05) is 23.8 Å². The van der Waals surface area contributed by atoms with E-state index in [4.69, 9.17) is 9.47 Å². The van der Waals surface area contributed by atoms with Gasteiger partial charge in [-0.1, -0.05) is 44.9 Å². The van der Waals surface area contributed by atoms with Gasteiger partial charge in [-0.05, 0) is 62.5 Å². The van der Waals surface area contributed by atoms with Crippen LogP contribution in [0.5, 0.6) is 5.75 Å². The maximum absolute atomic E-state index is 14.3. The van der Waals surface area contributed by atoms with Gasteiger partial charge in [-0.15, -0.1) is 0 Å². The fraction of sp³-hybridized carbons (Fsp3) is 0.645. The first-order valence-corrected chi connectivity index (χ1v) is 14.8. The maximum Gasteiger partial charge on any atom is 0.246 e. The summed E-state index contributed by atoms with van der Waals surface area (Å²) in [7, 11) is 1.58. The summed E-state index contributed by atoms with van der Waals surface area (Å²) in [5.74, 6) is -0.308. The van der Waals surface area contributed by atoms with Crippen molar-refractivity contribution in [3.05, 3.63) is 36.4 Å². The van der Waals surface area contributed by atoms with E-state index in [0.717, 1.165) is 44.9 Å². The van der Waals surface area contributed by atoms with Gasteiger partial charge in [-0.3, -0.25) is 14.4 Å². The van der Waals surface area contributed by atoms with E-state index in [9.17, 15) is 14.4 Å². The lowest BCUT2D eigenvalue weighted by atomic mass is 9.74. The third-order valence-corrected chi connectivity index (χ3v) is 10.0. The number of hydrogen-bond donors (Lipinski definition) is 2. The third-order valence-electron chi connectivity index (χ3n) is 10.0. The molecule has 5 aliphatic rings. The van der Waals surface area contributed by atoms with Crippen LogP contribution in [0.3, 0.4) is 0 Å². The molecule has 4 fully saturated rings. The van der Waals surface area contributed by atoms with E-state index in [0.29, 0.717) is 23.3 Å². The van der Waals surface area contributed by atoms with Crippen LogP contribution in [-0.4, -0.2) is 59.6 Å².